The van der Waals surface area contributed by atoms with Crippen LogP contribution >= 0.6 is 0 Å². The van der Waals surface area contributed by atoms with Crippen LogP contribution < -0.4 is 20.7 Å². The highest BCUT2D eigenvalue weighted by atomic mass is 19.3. The molecule has 2 atom stereocenters. The lowest BCUT2D eigenvalue weighted by atomic mass is 10.0. The quantitative estimate of drug-likeness (QED) is 0.734. The fourth-order valence-corrected chi connectivity index (χ4v) is 3.48. The van der Waals surface area contributed by atoms with E-state index in [-0.39, 0.29) is 18.0 Å². The van der Waals surface area contributed by atoms with E-state index >= 15 is 0 Å². The van der Waals surface area contributed by atoms with Gasteiger partial charge in [-0.05, 0) is 13.0 Å². The number of amides is 2. The van der Waals surface area contributed by atoms with E-state index in [0.29, 0.717) is 29.4 Å². The van der Waals surface area contributed by atoms with Crippen LogP contribution in [0, 0.1) is 11.3 Å². The highest BCUT2D eigenvalue weighted by Crippen LogP contribution is 2.39. The lowest BCUT2D eigenvalue weighted by Gasteiger charge is -2.18. The average Bonchev–Trinajstić information content (AvgIpc) is 3.26. The minimum atomic E-state index is -2.81. The largest absolute Gasteiger partial charge is 0.491 e. The first kappa shape index (κ1) is 20.4. The van der Waals surface area contributed by atoms with Crippen molar-refractivity contribution in [3.63, 3.8) is 0 Å². The molecule has 2 aliphatic heterocycles. The van der Waals surface area contributed by atoms with Gasteiger partial charge in [-0.15, -0.1) is 0 Å². The molecule has 2 aliphatic rings. The maximum Gasteiger partial charge on any atom is 0.416 e. The van der Waals surface area contributed by atoms with E-state index in [2.05, 4.69) is 16.4 Å². The van der Waals surface area contributed by atoms with Gasteiger partial charge in [0, 0.05) is 18.0 Å². The number of nitrogens with one attached hydrogen (secondary N) is 1. The highest BCUT2D eigenvalue weighted by Gasteiger charge is 2.42. The molecule has 0 unspecified atom stereocenters. The second kappa shape index (κ2) is 7.75. The van der Waals surface area contributed by atoms with Gasteiger partial charge in [-0.25, -0.2) is 23.5 Å². The molecule has 3 N–H and O–H groups in total. The number of benzene rings is 1. The van der Waals surface area contributed by atoms with E-state index in [1.54, 1.807) is 17.6 Å². The third-order valence-corrected chi connectivity index (χ3v) is 5.05. The zero-order valence-electron chi connectivity index (χ0n) is 16.3. The van der Waals surface area contributed by atoms with Gasteiger partial charge in [0.1, 0.15) is 42.9 Å². The van der Waals surface area contributed by atoms with Crippen LogP contribution in [0.1, 0.15) is 12.5 Å². The summed E-state index contributed by atoms with van der Waals surface area (Å²) >= 11 is 0. The Morgan fingerprint density at radius 3 is 2.87 bits per heavy atom. The molecule has 0 spiro atoms. The average molecular weight is 432 g/mol. The Kier molecular flexibility index (Phi) is 5.10. The van der Waals surface area contributed by atoms with Crippen molar-refractivity contribution in [1.82, 2.24) is 9.55 Å². The Labute approximate surface area is 175 Å². The molecular formula is C19H18F2N6O4. The van der Waals surface area contributed by atoms with Crippen molar-refractivity contribution in [2.24, 2.45) is 5.73 Å². The first-order valence-corrected chi connectivity index (χ1v) is 9.38. The van der Waals surface area contributed by atoms with E-state index in [1.165, 1.54) is 12.3 Å². The molecule has 1 saturated heterocycles. The predicted molar refractivity (Wildman–Crippen MR) is 104 cm³/mol. The van der Waals surface area contributed by atoms with E-state index < -0.39 is 37.1 Å². The van der Waals surface area contributed by atoms with Gasteiger partial charge in [0.25, 0.3) is 6.43 Å². The van der Waals surface area contributed by atoms with Gasteiger partial charge in [0.05, 0.1) is 17.7 Å². The van der Waals surface area contributed by atoms with Gasteiger partial charge in [-0.3, -0.25) is 4.79 Å². The van der Waals surface area contributed by atoms with E-state index in [9.17, 15) is 23.6 Å². The van der Waals surface area contributed by atoms with Crippen molar-refractivity contribution in [1.29, 1.82) is 5.26 Å². The summed E-state index contributed by atoms with van der Waals surface area (Å²) in [6.45, 7) is 1.66. The maximum atomic E-state index is 13.3. The number of carbonyl (C=O) groups excluding carboxylic acids is 2. The molecule has 1 fully saturated rings. The Morgan fingerprint density at radius 1 is 1.42 bits per heavy atom. The molecule has 4 rings (SSSR count). The molecule has 10 nitrogen and oxygen atoms in total. The van der Waals surface area contributed by atoms with Crippen LogP contribution in [-0.2, 0) is 16.1 Å². The van der Waals surface area contributed by atoms with Crippen molar-refractivity contribution in [3.8, 4) is 23.2 Å². The number of imidazole rings is 1. The second-order valence-corrected chi connectivity index (χ2v) is 7.09. The van der Waals surface area contributed by atoms with Gasteiger partial charge in [-0.2, -0.15) is 5.26 Å². The third-order valence-electron chi connectivity index (χ3n) is 5.05. The number of nitriles is 1. The van der Waals surface area contributed by atoms with Crippen molar-refractivity contribution in [2.45, 2.75) is 32.0 Å². The minimum absolute atomic E-state index is 0.00379. The number of anilines is 2. The third kappa shape index (κ3) is 3.58. The Bertz CT molecular complexity index is 1100. The van der Waals surface area contributed by atoms with Crippen LogP contribution in [0.5, 0.6) is 5.75 Å². The fraction of sp³-hybridized carbons (Fsp3) is 0.368. The summed E-state index contributed by atoms with van der Waals surface area (Å²) in [5.41, 5.74) is 6.26. The zero-order valence-corrected chi connectivity index (χ0v) is 16.3. The summed E-state index contributed by atoms with van der Waals surface area (Å²) in [5.74, 6) is 0.0505. The lowest BCUT2D eigenvalue weighted by molar-refractivity contribution is -0.118. The standard InChI is InChI=1S/C19H18F2N6O4/c1-9(17(23)28)24-11-4-10(6-22)15-13(5-11)30-3-2-26-7-14(25-18(15)26)27-12(16(20)21)8-31-19(27)29/h4-5,7,9,12,16,24H,2-3,8H2,1H3,(H2,23,28)/t9-,12-/m0/s1. The number of aromatic nitrogens is 2. The van der Waals surface area contributed by atoms with Crippen LogP contribution in [0.25, 0.3) is 11.4 Å². The van der Waals surface area contributed by atoms with Gasteiger partial charge in [0.2, 0.25) is 5.91 Å². The summed E-state index contributed by atoms with van der Waals surface area (Å²) in [6.07, 6.45) is -2.26. The Morgan fingerprint density at radius 2 is 2.19 bits per heavy atom. The van der Waals surface area contributed by atoms with Gasteiger partial charge < -0.3 is 25.1 Å². The summed E-state index contributed by atoms with van der Waals surface area (Å²) in [5, 5.41) is 12.6. The number of nitrogens with zero attached hydrogens (tertiary/aromatic N) is 4. The van der Waals surface area contributed by atoms with Crippen LogP contribution in [-0.4, -0.2) is 53.3 Å². The molecule has 0 radical (unpaired) electrons. The molecule has 3 heterocycles. The van der Waals surface area contributed by atoms with Gasteiger partial charge in [0.15, 0.2) is 5.82 Å². The number of fused-ring (bicyclic) bond motifs is 3. The number of alkyl halides is 2. The molecule has 1 aromatic heterocycles. The molecule has 1 aromatic carbocycles. The molecule has 31 heavy (non-hydrogen) atoms. The molecule has 2 amide bonds. The first-order valence-electron chi connectivity index (χ1n) is 9.38. The van der Waals surface area contributed by atoms with Crippen LogP contribution in [0.2, 0.25) is 0 Å². The number of hydrogen-bond donors (Lipinski definition) is 2. The Hall–Kier alpha value is -3.88. The van der Waals surface area contributed by atoms with Crippen molar-refractivity contribution >= 4 is 23.5 Å². The number of cyclic esters (lactones) is 1. The molecule has 0 saturated carbocycles. The molecule has 162 valence electrons. The number of carbonyl (C=O) groups is 2. The van der Waals surface area contributed by atoms with Crippen molar-refractivity contribution < 1.29 is 27.8 Å². The summed E-state index contributed by atoms with van der Waals surface area (Å²) < 4.78 is 38.9. The molecule has 2 aromatic rings. The monoisotopic (exact) mass is 432 g/mol. The summed E-state index contributed by atoms with van der Waals surface area (Å²) in [6, 6.07) is 3.05. The van der Waals surface area contributed by atoms with Crippen LogP contribution in [0.4, 0.5) is 25.1 Å². The number of ether oxygens (including phenoxy) is 2. The molecule has 12 heteroatoms. The van der Waals surface area contributed by atoms with E-state index in [1.807, 2.05) is 0 Å². The van der Waals surface area contributed by atoms with Crippen molar-refractivity contribution in [2.75, 3.05) is 23.4 Å². The number of halogens is 2. The van der Waals surface area contributed by atoms with Crippen LogP contribution in [0.15, 0.2) is 18.3 Å². The maximum absolute atomic E-state index is 13.3. The highest BCUT2D eigenvalue weighted by molar-refractivity contribution is 5.90. The fourth-order valence-electron chi connectivity index (χ4n) is 3.48. The first-order chi connectivity index (χ1) is 14.8. The zero-order chi connectivity index (χ0) is 22.3. The van der Waals surface area contributed by atoms with Crippen LogP contribution in [0.3, 0.4) is 0 Å². The molecule has 0 bridgehead atoms. The molecule has 0 aliphatic carbocycles. The van der Waals surface area contributed by atoms with Gasteiger partial charge in [-0.1, -0.05) is 0 Å². The SMILES string of the molecule is C[C@H](Nc1cc(C#N)c2c(c1)OCCn1cc(N3C(=O)OC[C@H]3C(F)F)nc1-2)C(N)=O. The van der Waals surface area contributed by atoms with Crippen molar-refractivity contribution in [3.05, 3.63) is 23.9 Å². The second-order valence-electron chi connectivity index (χ2n) is 7.09. The Balaban J connectivity index is 1.78. The summed E-state index contributed by atoms with van der Waals surface area (Å²) in [4.78, 5) is 28.6. The smallest absolute Gasteiger partial charge is 0.416 e. The number of nitrogens with two attached hydrogens (primary N) is 1. The minimum Gasteiger partial charge on any atom is -0.491 e. The predicted octanol–water partition coefficient (Wildman–Crippen LogP) is 1.69. The topological polar surface area (TPSA) is 136 Å². The summed E-state index contributed by atoms with van der Waals surface area (Å²) in [7, 11) is 0. The van der Waals surface area contributed by atoms with Gasteiger partial charge >= 0.3 is 6.09 Å². The number of primary amides is 1. The number of hydrogen-bond acceptors (Lipinski definition) is 7. The number of rotatable bonds is 5. The normalized spacial score (nSPS) is 18.4. The van der Waals surface area contributed by atoms with E-state index in [4.69, 9.17) is 15.2 Å². The van der Waals surface area contributed by atoms with E-state index in [0.717, 1.165) is 4.90 Å². The molecular weight excluding hydrogens is 414 g/mol. The lowest BCUT2D eigenvalue weighted by Crippen LogP contribution is -2.38.